The van der Waals surface area contributed by atoms with E-state index in [2.05, 4.69) is 85.8 Å². The van der Waals surface area contributed by atoms with Crippen molar-refractivity contribution in [3.05, 3.63) is 88.2 Å². The van der Waals surface area contributed by atoms with Gasteiger partial charge in [-0.2, -0.15) is 0 Å². The first kappa shape index (κ1) is 17.2. The van der Waals surface area contributed by atoms with Crippen LogP contribution in [-0.4, -0.2) is 10.8 Å². The van der Waals surface area contributed by atoms with Crippen molar-refractivity contribution in [1.29, 1.82) is 0 Å². The zero-order valence-electron chi connectivity index (χ0n) is 15.6. The van der Waals surface area contributed by atoms with E-state index < -0.39 is 0 Å². The fraction of sp³-hybridized carbons (Fsp3) is 0.261. The van der Waals surface area contributed by atoms with E-state index in [0.29, 0.717) is 0 Å². The first-order valence-corrected chi connectivity index (χ1v) is 8.93. The second kappa shape index (κ2) is 7.52. The first-order valence-electron chi connectivity index (χ1n) is 8.93. The lowest BCUT2D eigenvalue weighted by atomic mass is 10.1. The summed E-state index contributed by atoms with van der Waals surface area (Å²) in [7, 11) is 0. The third-order valence-electron chi connectivity index (χ3n) is 4.74. The molecule has 0 spiro atoms. The maximum Gasteiger partial charge on any atom is 0.0639 e. The van der Waals surface area contributed by atoms with Gasteiger partial charge in [-0.3, -0.25) is 4.99 Å². The number of nitrogens with zero attached hydrogens (tertiary/aromatic N) is 2. The minimum atomic E-state index is 0.717. The molecule has 3 aromatic rings. The Hall–Kier alpha value is -2.61. The molecule has 0 aliphatic carbocycles. The monoisotopic (exact) mass is 330 g/mol. The van der Waals surface area contributed by atoms with Gasteiger partial charge in [-0.1, -0.05) is 55.5 Å². The van der Waals surface area contributed by atoms with E-state index >= 15 is 0 Å². The Morgan fingerprint density at radius 1 is 0.960 bits per heavy atom. The summed E-state index contributed by atoms with van der Waals surface area (Å²) >= 11 is 0. The summed E-state index contributed by atoms with van der Waals surface area (Å²) in [6, 6.07) is 19.2. The van der Waals surface area contributed by atoms with Gasteiger partial charge in [0.25, 0.3) is 0 Å². The lowest BCUT2D eigenvalue weighted by molar-refractivity contribution is 0.925. The zero-order chi connectivity index (χ0) is 17.8. The summed E-state index contributed by atoms with van der Waals surface area (Å²) in [4.78, 5) is 4.65. The highest BCUT2D eigenvalue weighted by molar-refractivity contribution is 5.82. The third-order valence-corrected chi connectivity index (χ3v) is 4.74. The second-order valence-corrected chi connectivity index (χ2v) is 6.55. The van der Waals surface area contributed by atoms with Gasteiger partial charge in [0, 0.05) is 23.2 Å². The summed E-state index contributed by atoms with van der Waals surface area (Å²) in [5, 5.41) is 0. The molecule has 128 valence electrons. The minimum absolute atomic E-state index is 0.717. The lowest BCUT2D eigenvalue weighted by Gasteiger charge is -2.17. The van der Waals surface area contributed by atoms with Crippen molar-refractivity contribution in [2.75, 3.05) is 0 Å². The molecule has 0 aliphatic heterocycles. The van der Waals surface area contributed by atoms with Crippen LogP contribution in [0.5, 0.6) is 0 Å². The van der Waals surface area contributed by atoms with Gasteiger partial charge >= 0.3 is 0 Å². The Labute approximate surface area is 150 Å². The molecule has 1 aromatic heterocycles. The molecule has 1 heterocycles. The molecule has 2 heteroatoms. The number of aryl methyl sites for hydroxylation is 3. The van der Waals surface area contributed by atoms with Gasteiger partial charge < -0.3 is 4.57 Å². The van der Waals surface area contributed by atoms with Crippen LogP contribution in [0, 0.1) is 20.8 Å². The van der Waals surface area contributed by atoms with Crippen molar-refractivity contribution < 1.29 is 0 Å². The van der Waals surface area contributed by atoms with Gasteiger partial charge in [0.2, 0.25) is 0 Å². The van der Waals surface area contributed by atoms with Crippen molar-refractivity contribution in [1.82, 2.24) is 4.57 Å². The van der Waals surface area contributed by atoms with Gasteiger partial charge in [-0.15, -0.1) is 0 Å². The highest BCUT2D eigenvalue weighted by Gasteiger charge is 2.13. The smallest absolute Gasteiger partial charge is 0.0639 e. The van der Waals surface area contributed by atoms with Gasteiger partial charge in [0.05, 0.1) is 12.2 Å². The second-order valence-electron chi connectivity index (χ2n) is 6.55. The van der Waals surface area contributed by atoms with E-state index in [0.717, 1.165) is 13.0 Å². The normalized spacial score (nSPS) is 11.4. The van der Waals surface area contributed by atoms with Crippen molar-refractivity contribution >= 4 is 6.21 Å². The quantitative estimate of drug-likeness (QED) is 0.543. The van der Waals surface area contributed by atoms with Crippen molar-refractivity contribution in [2.24, 2.45) is 4.99 Å². The van der Waals surface area contributed by atoms with Crippen LogP contribution in [-0.2, 0) is 13.0 Å². The van der Waals surface area contributed by atoms with E-state index in [1.807, 2.05) is 12.3 Å². The molecule has 2 nitrogen and oxygen atoms in total. The van der Waals surface area contributed by atoms with E-state index in [-0.39, 0.29) is 0 Å². The molecule has 2 aromatic carbocycles. The third kappa shape index (κ3) is 3.58. The van der Waals surface area contributed by atoms with Crippen LogP contribution in [0.15, 0.2) is 59.6 Å². The van der Waals surface area contributed by atoms with Crippen LogP contribution in [0.2, 0.25) is 0 Å². The van der Waals surface area contributed by atoms with Crippen molar-refractivity contribution in [2.45, 2.75) is 40.7 Å². The molecule has 0 atom stereocenters. The number of hydrogen-bond donors (Lipinski definition) is 0. The molecule has 0 N–H and O–H groups in total. The number of aromatic nitrogens is 1. The fourth-order valence-electron chi connectivity index (χ4n) is 3.42. The summed E-state index contributed by atoms with van der Waals surface area (Å²) in [6.45, 7) is 9.48. The first-order chi connectivity index (χ1) is 12.1. The Morgan fingerprint density at radius 3 is 2.44 bits per heavy atom. The van der Waals surface area contributed by atoms with Crippen LogP contribution >= 0.6 is 0 Å². The molecule has 0 unspecified atom stereocenters. The zero-order valence-corrected chi connectivity index (χ0v) is 15.6. The van der Waals surface area contributed by atoms with Gasteiger partial charge in [-0.05, 0) is 49.9 Å². The number of benzene rings is 2. The molecule has 25 heavy (non-hydrogen) atoms. The Bertz CT molecular complexity index is 886. The molecule has 0 fully saturated rings. The number of para-hydroxylation sites is 1. The molecule has 0 bridgehead atoms. The predicted octanol–water partition coefficient (Wildman–Crippen LogP) is 5.58. The van der Waals surface area contributed by atoms with Gasteiger partial charge in [0.1, 0.15) is 0 Å². The van der Waals surface area contributed by atoms with Crippen LogP contribution in [0.1, 0.15) is 40.6 Å². The molecular weight excluding hydrogens is 304 g/mol. The summed E-state index contributed by atoms with van der Waals surface area (Å²) in [5.41, 5.74) is 8.95. The Kier molecular flexibility index (Phi) is 5.18. The maximum absolute atomic E-state index is 4.65. The average molecular weight is 330 g/mol. The van der Waals surface area contributed by atoms with E-state index in [1.54, 1.807) is 0 Å². The molecule has 0 amide bonds. The van der Waals surface area contributed by atoms with Crippen molar-refractivity contribution in [3.8, 4) is 5.69 Å². The summed E-state index contributed by atoms with van der Waals surface area (Å²) < 4.78 is 2.37. The van der Waals surface area contributed by atoms with Gasteiger partial charge in [0.15, 0.2) is 0 Å². The molecule has 3 rings (SSSR count). The highest BCUT2D eigenvalue weighted by Crippen LogP contribution is 2.26. The number of hydrogen-bond acceptors (Lipinski definition) is 1. The summed E-state index contributed by atoms with van der Waals surface area (Å²) in [6.07, 6.45) is 3.04. The van der Waals surface area contributed by atoms with Crippen LogP contribution in [0.4, 0.5) is 0 Å². The van der Waals surface area contributed by atoms with E-state index in [9.17, 15) is 0 Å². The van der Waals surface area contributed by atoms with E-state index in [4.69, 9.17) is 0 Å². The molecule has 0 radical (unpaired) electrons. The number of rotatable bonds is 5. The van der Waals surface area contributed by atoms with Crippen molar-refractivity contribution in [3.63, 3.8) is 0 Å². The molecule has 0 saturated carbocycles. The molecule has 0 aliphatic rings. The topological polar surface area (TPSA) is 17.3 Å². The molecule has 0 saturated heterocycles. The van der Waals surface area contributed by atoms with E-state index in [1.165, 1.54) is 39.3 Å². The number of aliphatic imine (C=N–C) groups is 1. The highest BCUT2D eigenvalue weighted by atomic mass is 15.0. The minimum Gasteiger partial charge on any atom is -0.317 e. The Morgan fingerprint density at radius 2 is 1.72 bits per heavy atom. The summed E-state index contributed by atoms with van der Waals surface area (Å²) in [5.74, 6) is 0. The maximum atomic E-state index is 4.65. The van der Waals surface area contributed by atoms with Crippen LogP contribution in [0.25, 0.3) is 5.69 Å². The predicted molar refractivity (Wildman–Crippen MR) is 107 cm³/mol. The van der Waals surface area contributed by atoms with Gasteiger partial charge in [-0.25, -0.2) is 0 Å². The SMILES string of the molecule is CCc1cccc(C)c1-n1c(C)cc(C=NCc2ccccc2)c1C. The average Bonchev–Trinajstić information content (AvgIpc) is 2.89. The largest absolute Gasteiger partial charge is 0.317 e. The lowest BCUT2D eigenvalue weighted by Crippen LogP contribution is -2.05. The van der Waals surface area contributed by atoms with Crippen LogP contribution < -0.4 is 0 Å². The molecular formula is C23H26N2. The van der Waals surface area contributed by atoms with Crippen LogP contribution in [0.3, 0.4) is 0 Å². The Balaban J connectivity index is 1.94. The fourth-order valence-corrected chi connectivity index (χ4v) is 3.42. The standard InChI is InChI=1S/C23H26N2/c1-5-21-13-9-10-17(2)23(21)25-18(3)14-22(19(25)4)16-24-15-20-11-7-6-8-12-20/h6-14,16H,5,15H2,1-4H3.